The zero-order valence-electron chi connectivity index (χ0n) is 10.1. The standard InChI is InChI=1S/C12H17NO4/c1-7(13-8(2)12(16)17-3)9-4-10(14)6-11(15)5-9/h4-8,13-15H,1-3H3/t7?,8-/m0/s1. The Morgan fingerprint density at radius 2 is 1.76 bits per heavy atom. The molecular formula is C12H17NO4. The van der Waals surface area contributed by atoms with Gasteiger partial charge in [0.25, 0.3) is 0 Å². The van der Waals surface area contributed by atoms with Crippen molar-refractivity contribution in [2.45, 2.75) is 25.9 Å². The highest BCUT2D eigenvalue weighted by atomic mass is 16.5. The van der Waals surface area contributed by atoms with E-state index in [0.717, 1.165) is 0 Å². The van der Waals surface area contributed by atoms with Gasteiger partial charge in [-0.05, 0) is 31.5 Å². The van der Waals surface area contributed by atoms with Crippen molar-refractivity contribution in [3.05, 3.63) is 23.8 Å². The highest BCUT2D eigenvalue weighted by Gasteiger charge is 2.17. The Bertz CT molecular complexity index is 385. The first-order chi connectivity index (χ1) is 7.93. The molecule has 0 heterocycles. The molecule has 0 aliphatic rings. The summed E-state index contributed by atoms with van der Waals surface area (Å²) < 4.78 is 4.60. The van der Waals surface area contributed by atoms with E-state index in [1.165, 1.54) is 25.3 Å². The summed E-state index contributed by atoms with van der Waals surface area (Å²) in [5.41, 5.74) is 0.693. The number of hydrogen-bond donors (Lipinski definition) is 3. The second-order valence-electron chi connectivity index (χ2n) is 3.92. The molecule has 94 valence electrons. The maximum atomic E-state index is 11.2. The minimum Gasteiger partial charge on any atom is -0.508 e. The normalized spacial score (nSPS) is 14.1. The molecule has 5 nitrogen and oxygen atoms in total. The number of carbonyl (C=O) groups excluding carboxylic acids is 1. The second kappa shape index (κ2) is 5.54. The molecule has 0 saturated heterocycles. The molecule has 0 amide bonds. The van der Waals surface area contributed by atoms with Gasteiger partial charge >= 0.3 is 5.97 Å². The molecule has 0 aliphatic heterocycles. The van der Waals surface area contributed by atoms with Crippen molar-refractivity contribution in [3.63, 3.8) is 0 Å². The van der Waals surface area contributed by atoms with Crippen LogP contribution in [0.4, 0.5) is 0 Å². The fourth-order valence-corrected chi connectivity index (χ4v) is 1.58. The molecule has 0 fully saturated rings. The van der Waals surface area contributed by atoms with E-state index >= 15 is 0 Å². The number of hydrogen-bond acceptors (Lipinski definition) is 5. The fraction of sp³-hybridized carbons (Fsp3) is 0.417. The summed E-state index contributed by atoms with van der Waals surface area (Å²) in [5, 5.41) is 21.7. The molecule has 0 bridgehead atoms. The quantitative estimate of drug-likeness (QED) is 0.690. The average molecular weight is 239 g/mol. The number of aromatic hydroxyl groups is 2. The molecule has 17 heavy (non-hydrogen) atoms. The zero-order valence-corrected chi connectivity index (χ0v) is 10.1. The maximum Gasteiger partial charge on any atom is 0.322 e. The van der Waals surface area contributed by atoms with Crippen molar-refractivity contribution in [2.75, 3.05) is 7.11 Å². The number of benzene rings is 1. The van der Waals surface area contributed by atoms with E-state index < -0.39 is 6.04 Å². The summed E-state index contributed by atoms with van der Waals surface area (Å²) >= 11 is 0. The Morgan fingerprint density at radius 1 is 1.24 bits per heavy atom. The van der Waals surface area contributed by atoms with E-state index in [2.05, 4.69) is 10.1 Å². The van der Waals surface area contributed by atoms with Crippen LogP contribution in [-0.4, -0.2) is 29.3 Å². The summed E-state index contributed by atoms with van der Waals surface area (Å²) in [4.78, 5) is 11.2. The Balaban J connectivity index is 2.75. The first-order valence-corrected chi connectivity index (χ1v) is 5.31. The van der Waals surface area contributed by atoms with Gasteiger partial charge in [0.05, 0.1) is 7.11 Å². The molecule has 5 heteroatoms. The highest BCUT2D eigenvalue weighted by Crippen LogP contribution is 2.24. The number of ether oxygens (including phenoxy) is 1. The van der Waals surface area contributed by atoms with Gasteiger partial charge in [-0.15, -0.1) is 0 Å². The Kier molecular flexibility index (Phi) is 4.34. The lowest BCUT2D eigenvalue weighted by atomic mass is 10.1. The van der Waals surface area contributed by atoms with Crippen molar-refractivity contribution in [1.82, 2.24) is 5.32 Å². The van der Waals surface area contributed by atoms with Crippen molar-refractivity contribution in [2.24, 2.45) is 0 Å². The summed E-state index contributed by atoms with van der Waals surface area (Å²) in [5.74, 6) is -0.389. The van der Waals surface area contributed by atoms with E-state index in [9.17, 15) is 15.0 Å². The van der Waals surface area contributed by atoms with Crippen molar-refractivity contribution in [3.8, 4) is 11.5 Å². The fourth-order valence-electron chi connectivity index (χ4n) is 1.58. The third-order valence-corrected chi connectivity index (χ3v) is 2.48. The van der Waals surface area contributed by atoms with Gasteiger partial charge < -0.3 is 14.9 Å². The topological polar surface area (TPSA) is 78.8 Å². The zero-order chi connectivity index (χ0) is 13.0. The monoisotopic (exact) mass is 239 g/mol. The predicted molar refractivity (Wildman–Crippen MR) is 62.8 cm³/mol. The van der Waals surface area contributed by atoms with Crippen LogP contribution in [0.1, 0.15) is 25.5 Å². The predicted octanol–water partition coefficient (Wildman–Crippen LogP) is 1.31. The number of carbonyl (C=O) groups is 1. The minimum absolute atomic E-state index is 0.0145. The maximum absolute atomic E-state index is 11.2. The Labute approximate surface area is 100 Å². The van der Waals surface area contributed by atoms with Crippen LogP contribution in [0.2, 0.25) is 0 Å². The first-order valence-electron chi connectivity index (χ1n) is 5.31. The largest absolute Gasteiger partial charge is 0.508 e. The molecule has 0 aromatic heterocycles. The number of phenols is 2. The van der Waals surface area contributed by atoms with Gasteiger partial charge in [-0.3, -0.25) is 10.1 Å². The van der Waals surface area contributed by atoms with Crippen LogP contribution in [0, 0.1) is 0 Å². The lowest BCUT2D eigenvalue weighted by Gasteiger charge is -2.19. The number of phenolic OH excluding ortho intramolecular Hbond substituents is 2. The molecule has 1 aromatic rings. The van der Waals surface area contributed by atoms with Crippen molar-refractivity contribution < 1.29 is 19.7 Å². The van der Waals surface area contributed by atoms with Crippen LogP contribution < -0.4 is 5.32 Å². The van der Waals surface area contributed by atoms with Gasteiger partial charge in [-0.1, -0.05) is 0 Å². The molecule has 1 rings (SSSR count). The van der Waals surface area contributed by atoms with Gasteiger partial charge in [0, 0.05) is 12.1 Å². The van der Waals surface area contributed by atoms with Crippen molar-refractivity contribution >= 4 is 5.97 Å². The SMILES string of the molecule is COC(=O)[C@H](C)NC(C)c1cc(O)cc(O)c1. The molecule has 0 radical (unpaired) electrons. The Morgan fingerprint density at radius 3 is 2.24 bits per heavy atom. The van der Waals surface area contributed by atoms with E-state index in [1.54, 1.807) is 6.92 Å². The molecule has 1 unspecified atom stereocenters. The van der Waals surface area contributed by atoms with E-state index in [4.69, 9.17) is 0 Å². The van der Waals surface area contributed by atoms with Crippen LogP contribution >= 0.6 is 0 Å². The Hall–Kier alpha value is -1.75. The summed E-state index contributed by atoms with van der Waals surface area (Å²) in [6.45, 7) is 3.51. The third-order valence-electron chi connectivity index (χ3n) is 2.48. The van der Waals surface area contributed by atoms with E-state index in [1.807, 2.05) is 6.92 Å². The van der Waals surface area contributed by atoms with Gasteiger partial charge in [-0.25, -0.2) is 0 Å². The lowest BCUT2D eigenvalue weighted by molar-refractivity contribution is -0.142. The van der Waals surface area contributed by atoms with E-state index in [-0.39, 0.29) is 23.5 Å². The first kappa shape index (κ1) is 13.3. The summed E-state index contributed by atoms with van der Waals surface area (Å²) in [7, 11) is 1.32. The van der Waals surface area contributed by atoms with Gasteiger partial charge in [-0.2, -0.15) is 0 Å². The molecular weight excluding hydrogens is 222 g/mol. The van der Waals surface area contributed by atoms with Gasteiger partial charge in [0.1, 0.15) is 17.5 Å². The van der Waals surface area contributed by atoms with Gasteiger partial charge in [0.15, 0.2) is 0 Å². The van der Waals surface area contributed by atoms with E-state index in [0.29, 0.717) is 5.56 Å². The van der Waals surface area contributed by atoms with Crippen LogP contribution in [0.5, 0.6) is 11.5 Å². The minimum atomic E-state index is -0.459. The molecule has 0 saturated carbocycles. The highest BCUT2D eigenvalue weighted by molar-refractivity contribution is 5.75. The number of nitrogens with one attached hydrogen (secondary N) is 1. The molecule has 0 aliphatic carbocycles. The number of rotatable bonds is 4. The van der Waals surface area contributed by atoms with Crippen molar-refractivity contribution in [1.29, 1.82) is 0 Å². The average Bonchev–Trinajstić information content (AvgIpc) is 2.26. The van der Waals surface area contributed by atoms with Crippen LogP contribution in [0.25, 0.3) is 0 Å². The molecule has 0 spiro atoms. The van der Waals surface area contributed by atoms with Crippen LogP contribution in [-0.2, 0) is 9.53 Å². The summed E-state index contributed by atoms with van der Waals surface area (Å²) in [6.07, 6.45) is 0. The lowest BCUT2D eigenvalue weighted by Crippen LogP contribution is -2.36. The van der Waals surface area contributed by atoms with Gasteiger partial charge in [0.2, 0.25) is 0 Å². The molecule has 3 N–H and O–H groups in total. The number of methoxy groups -OCH3 is 1. The number of esters is 1. The second-order valence-corrected chi connectivity index (χ2v) is 3.92. The third kappa shape index (κ3) is 3.64. The molecule has 2 atom stereocenters. The smallest absolute Gasteiger partial charge is 0.322 e. The van der Waals surface area contributed by atoms with Crippen LogP contribution in [0.3, 0.4) is 0 Å². The summed E-state index contributed by atoms with van der Waals surface area (Å²) in [6, 6.07) is 3.66. The van der Waals surface area contributed by atoms with Crippen LogP contribution in [0.15, 0.2) is 18.2 Å². The molecule has 1 aromatic carbocycles.